The minimum Gasteiger partial charge on any atom is -0.309 e. The van der Waals surface area contributed by atoms with E-state index in [-0.39, 0.29) is 0 Å². The van der Waals surface area contributed by atoms with Gasteiger partial charge in [0.2, 0.25) is 0 Å². The molecule has 0 radical (unpaired) electrons. The molecule has 0 saturated carbocycles. The SMILES string of the molecule is c1ccc(-n2c3ccccc3c3cc(N(c4ccc5sc6ccccc6c5c4)c4cccc5c4sc4ccc6ccccc6c45)ccc32)cc1. The molecule has 3 heterocycles. The first-order chi connectivity index (χ1) is 24.8. The Kier molecular flexibility index (Phi) is 6.03. The second-order valence-electron chi connectivity index (χ2n) is 12.9. The van der Waals surface area contributed by atoms with Crippen molar-refractivity contribution in [3.8, 4) is 5.69 Å². The minimum atomic E-state index is 1.14. The number of benzene rings is 8. The summed E-state index contributed by atoms with van der Waals surface area (Å²) in [6.45, 7) is 0. The molecular formula is C46H28N2S2. The van der Waals surface area contributed by atoms with Crippen LogP contribution < -0.4 is 4.90 Å². The third-order valence-electron chi connectivity index (χ3n) is 10.2. The number of hydrogen-bond donors (Lipinski definition) is 0. The van der Waals surface area contributed by atoms with E-state index in [0.29, 0.717) is 0 Å². The Morgan fingerprint density at radius 1 is 0.400 bits per heavy atom. The number of nitrogens with zero attached hydrogens (tertiary/aromatic N) is 2. The fourth-order valence-corrected chi connectivity index (χ4v) is 10.3. The second-order valence-corrected chi connectivity index (χ2v) is 15.1. The van der Waals surface area contributed by atoms with Gasteiger partial charge in [-0.15, -0.1) is 22.7 Å². The summed E-state index contributed by atoms with van der Waals surface area (Å²) >= 11 is 3.76. The number of anilines is 3. The maximum absolute atomic E-state index is 2.49. The highest BCUT2D eigenvalue weighted by Gasteiger charge is 2.22. The van der Waals surface area contributed by atoms with E-state index in [2.05, 4.69) is 179 Å². The van der Waals surface area contributed by atoms with Gasteiger partial charge in [-0.05, 0) is 83.6 Å². The molecule has 0 atom stereocenters. The van der Waals surface area contributed by atoms with Gasteiger partial charge in [-0.1, -0.05) is 97.1 Å². The summed E-state index contributed by atoms with van der Waals surface area (Å²) in [4.78, 5) is 2.49. The normalized spacial score (nSPS) is 12.0. The first-order valence-electron chi connectivity index (χ1n) is 16.9. The van der Waals surface area contributed by atoms with Crippen LogP contribution in [-0.4, -0.2) is 4.57 Å². The van der Waals surface area contributed by atoms with Crippen LogP contribution >= 0.6 is 22.7 Å². The van der Waals surface area contributed by atoms with Crippen molar-refractivity contribution in [3.63, 3.8) is 0 Å². The van der Waals surface area contributed by atoms with E-state index in [4.69, 9.17) is 0 Å². The van der Waals surface area contributed by atoms with E-state index in [1.165, 1.54) is 84.3 Å². The van der Waals surface area contributed by atoms with Crippen LogP contribution in [-0.2, 0) is 0 Å². The molecule has 0 amide bonds. The van der Waals surface area contributed by atoms with Gasteiger partial charge in [0.15, 0.2) is 0 Å². The number of aromatic nitrogens is 1. The first kappa shape index (κ1) is 28.0. The van der Waals surface area contributed by atoms with Crippen molar-refractivity contribution in [3.05, 3.63) is 170 Å². The number of rotatable bonds is 4. The smallest absolute Gasteiger partial charge is 0.0640 e. The topological polar surface area (TPSA) is 8.17 Å². The fourth-order valence-electron chi connectivity index (χ4n) is 7.97. The maximum atomic E-state index is 2.49. The van der Waals surface area contributed by atoms with Gasteiger partial charge < -0.3 is 9.47 Å². The summed E-state index contributed by atoms with van der Waals surface area (Å²) in [6.07, 6.45) is 0. The Bertz CT molecular complexity index is 3110. The fraction of sp³-hybridized carbons (Fsp3) is 0. The predicted octanol–water partition coefficient (Wildman–Crippen LogP) is 14.1. The Balaban J connectivity index is 1.22. The van der Waals surface area contributed by atoms with Crippen molar-refractivity contribution >= 4 is 113 Å². The van der Waals surface area contributed by atoms with Crippen molar-refractivity contribution in [1.82, 2.24) is 4.57 Å². The van der Waals surface area contributed by atoms with Crippen LogP contribution in [0.1, 0.15) is 0 Å². The van der Waals surface area contributed by atoms with Crippen molar-refractivity contribution < 1.29 is 0 Å². The minimum absolute atomic E-state index is 1.14. The first-order valence-corrected chi connectivity index (χ1v) is 18.6. The molecule has 0 N–H and O–H groups in total. The molecule has 8 aromatic carbocycles. The maximum Gasteiger partial charge on any atom is 0.0640 e. The Hall–Kier alpha value is -5.94. The monoisotopic (exact) mass is 672 g/mol. The quantitative estimate of drug-likeness (QED) is 0.181. The summed E-state index contributed by atoms with van der Waals surface area (Å²) in [7, 11) is 0. The molecule has 0 aliphatic carbocycles. The molecule has 50 heavy (non-hydrogen) atoms. The summed E-state index contributed by atoms with van der Waals surface area (Å²) < 4.78 is 7.62. The van der Waals surface area contributed by atoms with Gasteiger partial charge >= 0.3 is 0 Å². The van der Waals surface area contributed by atoms with Crippen molar-refractivity contribution in [2.45, 2.75) is 0 Å². The lowest BCUT2D eigenvalue weighted by Crippen LogP contribution is -2.10. The molecular weight excluding hydrogens is 645 g/mol. The highest BCUT2D eigenvalue weighted by Crippen LogP contribution is 2.48. The number of para-hydroxylation sites is 2. The van der Waals surface area contributed by atoms with Gasteiger partial charge in [-0.2, -0.15) is 0 Å². The highest BCUT2D eigenvalue weighted by atomic mass is 32.1. The molecule has 234 valence electrons. The van der Waals surface area contributed by atoms with Crippen LogP contribution in [0.5, 0.6) is 0 Å². The lowest BCUT2D eigenvalue weighted by molar-refractivity contribution is 1.18. The van der Waals surface area contributed by atoms with Crippen LogP contribution in [0.15, 0.2) is 170 Å². The van der Waals surface area contributed by atoms with E-state index in [1.54, 1.807) is 0 Å². The van der Waals surface area contributed by atoms with Crippen LogP contribution in [0.2, 0.25) is 0 Å². The molecule has 0 unspecified atom stereocenters. The second kappa shape index (κ2) is 10.8. The third-order valence-corrected chi connectivity index (χ3v) is 12.5. The molecule has 0 saturated heterocycles. The van der Waals surface area contributed by atoms with Crippen molar-refractivity contribution in [2.75, 3.05) is 4.90 Å². The highest BCUT2D eigenvalue weighted by molar-refractivity contribution is 7.26. The molecule has 2 nitrogen and oxygen atoms in total. The molecule has 0 spiro atoms. The number of fused-ring (bicyclic) bond motifs is 11. The van der Waals surface area contributed by atoms with Gasteiger partial charge in [-0.3, -0.25) is 0 Å². The van der Waals surface area contributed by atoms with Gasteiger partial charge in [0.05, 0.1) is 21.4 Å². The lowest BCUT2D eigenvalue weighted by Gasteiger charge is -2.26. The molecule has 11 rings (SSSR count). The van der Waals surface area contributed by atoms with Gasteiger partial charge in [-0.25, -0.2) is 0 Å². The molecule has 0 fully saturated rings. The summed E-state index contributed by atoms with van der Waals surface area (Å²) in [5.74, 6) is 0. The molecule has 4 heteroatoms. The third kappa shape index (κ3) is 4.07. The molecule has 3 aromatic heterocycles. The zero-order chi connectivity index (χ0) is 32.8. The summed E-state index contributed by atoms with van der Waals surface area (Å²) in [5.41, 5.74) is 7.07. The molecule has 0 bridgehead atoms. The lowest BCUT2D eigenvalue weighted by atomic mass is 10.0. The summed E-state index contributed by atoms with van der Waals surface area (Å²) in [5, 5.41) is 10.3. The largest absolute Gasteiger partial charge is 0.309 e. The van der Waals surface area contributed by atoms with Gasteiger partial charge in [0, 0.05) is 63.5 Å². The van der Waals surface area contributed by atoms with E-state index < -0.39 is 0 Å². The standard InChI is InChI=1S/C46H28N2S2/c1-2-12-30(13-3-1)48-39-18-8-6-15-34(39)37-27-31(22-24-40(37)48)47(32-23-26-43-38(28-32)35-16-7-9-20-42(35)49-43)41-19-10-17-36-45-33-14-5-4-11-29(33)21-25-44(45)50-46(36)41/h1-28H. The average Bonchev–Trinajstić information content (AvgIpc) is 3.85. The van der Waals surface area contributed by atoms with Gasteiger partial charge in [0.25, 0.3) is 0 Å². The number of hydrogen-bond acceptors (Lipinski definition) is 3. The Labute approximate surface area is 296 Å². The van der Waals surface area contributed by atoms with E-state index in [9.17, 15) is 0 Å². The molecule has 0 aliphatic heterocycles. The predicted molar refractivity (Wildman–Crippen MR) is 219 cm³/mol. The Morgan fingerprint density at radius 3 is 1.96 bits per heavy atom. The van der Waals surface area contributed by atoms with Crippen LogP contribution in [0.3, 0.4) is 0 Å². The average molecular weight is 673 g/mol. The molecule has 0 aliphatic rings. The molecule has 11 aromatic rings. The van der Waals surface area contributed by atoms with Crippen molar-refractivity contribution in [2.24, 2.45) is 0 Å². The van der Waals surface area contributed by atoms with E-state index in [1.807, 2.05) is 22.7 Å². The van der Waals surface area contributed by atoms with Crippen molar-refractivity contribution in [1.29, 1.82) is 0 Å². The van der Waals surface area contributed by atoms with Crippen LogP contribution in [0.4, 0.5) is 17.1 Å². The Morgan fingerprint density at radius 2 is 1.06 bits per heavy atom. The summed E-state index contributed by atoms with van der Waals surface area (Å²) in [6, 6.07) is 62.4. The van der Waals surface area contributed by atoms with E-state index >= 15 is 0 Å². The van der Waals surface area contributed by atoms with Gasteiger partial charge in [0.1, 0.15) is 0 Å². The number of thiophene rings is 2. The van der Waals surface area contributed by atoms with Crippen LogP contribution in [0.25, 0.3) is 78.6 Å². The zero-order valence-corrected chi connectivity index (χ0v) is 28.5. The zero-order valence-electron chi connectivity index (χ0n) is 26.9. The van der Waals surface area contributed by atoms with Crippen LogP contribution in [0, 0.1) is 0 Å². The van der Waals surface area contributed by atoms with E-state index in [0.717, 1.165) is 11.4 Å².